The predicted octanol–water partition coefficient (Wildman–Crippen LogP) is 4.20. The summed E-state index contributed by atoms with van der Waals surface area (Å²) in [6.45, 7) is 0.650. The first kappa shape index (κ1) is 12.2. The van der Waals surface area contributed by atoms with E-state index in [0.29, 0.717) is 6.54 Å². The van der Waals surface area contributed by atoms with Gasteiger partial charge in [-0.05, 0) is 36.6 Å². The third-order valence-electron chi connectivity index (χ3n) is 3.07. The molecule has 2 aromatic carbocycles. The third-order valence-corrected chi connectivity index (χ3v) is 3.74. The zero-order chi connectivity index (χ0) is 13.2. The molecule has 2 aromatic rings. The van der Waals surface area contributed by atoms with Crippen LogP contribution in [0.2, 0.25) is 0 Å². The lowest BCUT2D eigenvalue weighted by Gasteiger charge is -2.29. The van der Waals surface area contributed by atoms with Crippen molar-refractivity contribution >= 4 is 28.3 Å². The fraction of sp³-hybridized carbons (Fsp3) is 0.133. The van der Waals surface area contributed by atoms with Gasteiger partial charge in [0, 0.05) is 11.3 Å². The topological polar surface area (TPSA) is 15.6 Å². The Morgan fingerprint density at radius 3 is 2.68 bits per heavy atom. The van der Waals surface area contributed by atoms with Gasteiger partial charge in [-0.1, -0.05) is 30.0 Å². The lowest BCUT2D eigenvalue weighted by atomic mass is 10.1. The van der Waals surface area contributed by atoms with Gasteiger partial charge in [0.2, 0.25) is 0 Å². The number of hydrogen-bond donors (Lipinski definition) is 0. The number of anilines is 1. The highest BCUT2D eigenvalue weighted by Gasteiger charge is 2.20. The van der Waals surface area contributed by atoms with Gasteiger partial charge in [0.05, 0.1) is 12.2 Å². The van der Waals surface area contributed by atoms with Gasteiger partial charge in [-0.25, -0.2) is 9.38 Å². The number of fused-ring (bicyclic) bond motifs is 1. The van der Waals surface area contributed by atoms with E-state index >= 15 is 0 Å². The summed E-state index contributed by atoms with van der Waals surface area (Å²) >= 11 is 1.60. The molecular formula is C15H13FN2S. The largest absolute Gasteiger partial charge is 0.316 e. The van der Waals surface area contributed by atoms with E-state index in [-0.39, 0.29) is 5.82 Å². The first-order valence-electron chi connectivity index (χ1n) is 6.01. The van der Waals surface area contributed by atoms with Crippen molar-refractivity contribution < 1.29 is 4.39 Å². The standard InChI is InChI=1S/C15H13FN2S/c1-19-15-17-14-8-7-12(16)9-11(14)10-18(15)13-5-3-2-4-6-13/h2-9H,10H2,1H3. The zero-order valence-corrected chi connectivity index (χ0v) is 11.3. The van der Waals surface area contributed by atoms with Gasteiger partial charge in [0.25, 0.3) is 0 Å². The Labute approximate surface area is 116 Å². The van der Waals surface area contributed by atoms with Crippen molar-refractivity contribution in [1.82, 2.24) is 0 Å². The fourth-order valence-corrected chi connectivity index (χ4v) is 2.74. The summed E-state index contributed by atoms with van der Waals surface area (Å²) < 4.78 is 13.3. The lowest BCUT2D eigenvalue weighted by Crippen LogP contribution is -2.30. The van der Waals surface area contributed by atoms with Crippen molar-refractivity contribution in [2.75, 3.05) is 11.2 Å². The van der Waals surface area contributed by atoms with Crippen LogP contribution in [0.4, 0.5) is 15.8 Å². The zero-order valence-electron chi connectivity index (χ0n) is 10.5. The maximum atomic E-state index is 13.3. The van der Waals surface area contributed by atoms with Crippen molar-refractivity contribution in [3.05, 3.63) is 59.9 Å². The van der Waals surface area contributed by atoms with Crippen LogP contribution in [0, 0.1) is 5.82 Å². The van der Waals surface area contributed by atoms with Crippen LogP contribution in [0.1, 0.15) is 5.56 Å². The van der Waals surface area contributed by atoms with E-state index in [1.165, 1.54) is 6.07 Å². The van der Waals surface area contributed by atoms with Gasteiger partial charge >= 0.3 is 0 Å². The molecule has 0 bridgehead atoms. The quantitative estimate of drug-likeness (QED) is 0.773. The minimum atomic E-state index is -0.213. The highest BCUT2D eigenvalue weighted by Crippen LogP contribution is 2.32. The molecule has 96 valence electrons. The molecule has 0 aliphatic carbocycles. The Morgan fingerprint density at radius 1 is 1.16 bits per heavy atom. The van der Waals surface area contributed by atoms with E-state index < -0.39 is 0 Å². The first-order valence-corrected chi connectivity index (χ1v) is 7.24. The van der Waals surface area contributed by atoms with Gasteiger partial charge in [0.15, 0.2) is 5.17 Å². The summed E-state index contributed by atoms with van der Waals surface area (Å²) in [6, 6.07) is 14.8. The van der Waals surface area contributed by atoms with E-state index in [1.807, 2.05) is 36.6 Å². The van der Waals surface area contributed by atoms with Crippen LogP contribution in [0.3, 0.4) is 0 Å². The number of benzene rings is 2. The number of aliphatic imine (C=N–C) groups is 1. The van der Waals surface area contributed by atoms with E-state index in [1.54, 1.807) is 23.9 Å². The summed E-state index contributed by atoms with van der Waals surface area (Å²) in [6.07, 6.45) is 2.00. The summed E-state index contributed by atoms with van der Waals surface area (Å²) in [5.41, 5.74) is 2.85. The van der Waals surface area contributed by atoms with Crippen LogP contribution in [-0.2, 0) is 6.54 Å². The Balaban J connectivity index is 2.05. The molecule has 0 amide bonds. The normalized spacial score (nSPS) is 14.0. The number of rotatable bonds is 1. The number of nitrogens with zero attached hydrogens (tertiary/aromatic N) is 2. The molecule has 19 heavy (non-hydrogen) atoms. The summed E-state index contributed by atoms with van der Waals surface area (Å²) in [4.78, 5) is 6.71. The van der Waals surface area contributed by atoms with Gasteiger partial charge in [-0.3, -0.25) is 0 Å². The molecule has 0 saturated heterocycles. The van der Waals surface area contributed by atoms with Crippen LogP contribution in [0.15, 0.2) is 53.5 Å². The molecule has 0 aromatic heterocycles. The van der Waals surface area contributed by atoms with Crippen molar-refractivity contribution in [3.63, 3.8) is 0 Å². The van der Waals surface area contributed by atoms with Crippen molar-refractivity contribution in [1.29, 1.82) is 0 Å². The van der Waals surface area contributed by atoms with Gasteiger partial charge in [-0.15, -0.1) is 0 Å². The van der Waals surface area contributed by atoms with Gasteiger partial charge in [-0.2, -0.15) is 0 Å². The molecule has 1 aliphatic heterocycles. The highest BCUT2D eigenvalue weighted by molar-refractivity contribution is 8.13. The smallest absolute Gasteiger partial charge is 0.168 e. The van der Waals surface area contributed by atoms with Crippen LogP contribution >= 0.6 is 11.8 Å². The second-order valence-electron chi connectivity index (χ2n) is 4.29. The highest BCUT2D eigenvalue weighted by atomic mass is 32.2. The van der Waals surface area contributed by atoms with Crippen molar-refractivity contribution in [2.45, 2.75) is 6.54 Å². The first-order chi connectivity index (χ1) is 9.28. The van der Waals surface area contributed by atoms with E-state index in [4.69, 9.17) is 0 Å². The molecule has 1 aliphatic rings. The number of hydrogen-bond acceptors (Lipinski definition) is 3. The molecule has 0 radical (unpaired) electrons. The van der Waals surface area contributed by atoms with Crippen LogP contribution < -0.4 is 4.90 Å². The molecule has 0 saturated carbocycles. The van der Waals surface area contributed by atoms with Crippen LogP contribution in [0.25, 0.3) is 0 Å². The minimum Gasteiger partial charge on any atom is -0.316 e. The third kappa shape index (κ3) is 2.36. The van der Waals surface area contributed by atoms with Gasteiger partial charge in [0.1, 0.15) is 5.82 Å². The van der Waals surface area contributed by atoms with E-state index in [2.05, 4.69) is 9.89 Å². The maximum Gasteiger partial charge on any atom is 0.168 e. The number of amidine groups is 1. The monoisotopic (exact) mass is 272 g/mol. The second kappa shape index (κ2) is 5.05. The molecule has 2 nitrogen and oxygen atoms in total. The molecule has 0 unspecified atom stereocenters. The SMILES string of the molecule is CSC1=Nc2ccc(F)cc2CN1c1ccccc1. The molecule has 0 spiro atoms. The van der Waals surface area contributed by atoms with Crippen molar-refractivity contribution in [3.8, 4) is 0 Å². The van der Waals surface area contributed by atoms with Crippen LogP contribution in [-0.4, -0.2) is 11.4 Å². The molecule has 0 atom stereocenters. The minimum absolute atomic E-state index is 0.213. The average Bonchev–Trinajstić information content (AvgIpc) is 2.46. The average molecular weight is 272 g/mol. The number of thioether (sulfide) groups is 1. The molecule has 1 heterocycles. The molecule has 4 heteroatoms. The van der Waals surface area contributed by atoms with E-state index in [9.17, 15) is 4.39 Å². The summed E-state index contributed by atoms with van der Waals surface area (Å²) in [5, 5.41) is 0.935. The number of halogens is 1. The fourth-order valence-electron chi connectivity index (χ4n) is 2.16. The van der Waals surface area contributed by atoms with Crippen molar-refractivity contribution in [2.24, 2.45) is 4.99 Å². The summed E-state index contributed by atoms with van der Waals surface area (Å²) in [7, 11) is 0. The second-order valence-corrected chi connectivity index (χ2v) is 5.07. The molecule has 0 fully saturated rings. The predicted molar refractivity (Wildman–Crippen MR) is 79.6 cm³/mol. The van der Waals surface area contributed by atoms with Gasteiger partial charge < -0.3 is 4.90 Å². The Bertz CT molecular complexity index is 625. The molecular weight excluding hydrogens is 259 g/mol. The molecule has 3 rings (SSSR count). The van der Waals surface area contributed by atoms with Crippen LogP contribution in [0.5, 0.6) is 0 Å². The Kier molecular flexibility index (Phi) is 3.25. The maximum absolute atomic E-state index is 13.3. The summed E-state index contributed by atoms with van der Waals surface area (Å²) in [5.74, 6) is -0.213. The lowest BCUT2D eigenvalue weighted by molar-refractivity contribution is 0.625. The molecule has 0 N–H and O–H groups in total. The Hall–Kier alpha value is -1.81. The Morgan fingerprint density at radius 2 is 1.95 bits per heavy atom. The van der Waals surface area contributed by atoms with E-state index in [0.717, 1.165) is 22.1 Å². The number of para-hydroxylation sites is 1.